The van der Waals surface area contributed by atoms with Crippen LogP contribution in [-0.2, 0) is 6.54 Å². The summed E-state index contributed by atoms with van der Waals surface area (Å²) >= 11 is 19.3. The molecule has 0 saturated heterocycles. The number of halogens is 2. The molecule has 1 aromatic carbocycles. The Labute approximate surface area is 132 Å². The Bertz CT molecular complexity index is 619. The van der Waals surface area contributed by atoms with Gasteiger partial charge in [-0.05, 0) is 49.2 Å². The third-order valence-electron chi connectivity index (χ3n) is 3.05. The Hall–Kier alpha value is -0.160. The highest BCUT2D eigenvalue weighted by Crippen LogP contribution is 2.27. The lowest BCUT2D eigenvalue weighted by Gasteiger charge is -2.05. The van der Waals surface area contributed by atoms with Gasteiger partial charge in [-0.25, -0.2) is 0 Å². The molecular formula is C13H16Cl2N2S2. The maximum absolute atomic E-state index is 6.08. The van der Waals surface area contributed by atoms with E-state index in [1.165, 1.54) is 18.6 Å². The molecule has 1 aromatic heterocycles. The highest BCUT2D eigenvalue weighted by atomic mass is 35.5. The number of thioether (sulfide) groups is 1. The first-order valence-corrected chi connectivity index (χ1v) is 8.76. The second kappa shape index (κ2) is 7.02. The van der Waals surface area contributed by atoms with Crippen molar-refractivity contribution in [3.8, 4) is 0 Å². The van der Waals surface area contributed by atoms with Gasteiger partial charge in [-0.15, -0.1) is 0 Å². The van der Waals surface area contributed by atoms with Crippen molar-refractivity contribution in [3.05, 3.63) is 26.9 Å². The van der Waals surface area contributed by atoms with E-state index in [-0.39, 0.29) is 0 Å². The summed E-state index contributed by atoms with van der Waals surface area (Å²) in [5.41, 5.74) is 1.98. The van der Waals surface area contributed by atoms with Crippen molar-refractivity contribution in [2.45, 2.75) is 25.8 Å². The Morgan fingerprint density at radius 3 is 2.68 bits per heavy atom. The molecule has 0 amide bonds. The molecule has 0 aliphatic heterocycles. The van der Waals surface area contributed by atoms with Gasteiger partial charge in [-0.2, -0.15) is 11.8 Å². The average Bonchev–Trinajstić information content (AvgIpc) is 2.66. The quantitative estimate of drug-likeness (QED) is 0.553. The SMILES string of the molecule is CSCCCCCn1c(=S)[nH]c2cc(Cl)c(Cl)cc21. The average molecular weight is 335 g/mol. The fourth-order valence-electron chi connectivity index (χ4n) is 2.07. The third-order valence-corrected chi connectivity index (χ3v) is 4.79. The van der Waals surface area contributed by atoms with Crippen LogP contribution >= 0.6 is 47.2 Å². The fourth-order valence-corrected chi connectivity index (χ4v) is 3.18. The first-order chi connectivity index (χ1) is 9.13. The number of nitrogens with one attached hydrogen (secondary N) is 1. The van der Waals surface area contributed by atoms with Gasteiger partial charge in [0.2, 0.25) is 0 Å². The Morgan fingerprint density at radius 1 is 1.21 bits per heavy atom. The second-order valence-electron chi connectivity index (χ2n) is 4.42. The first kappa shape index (κ1) is 15.2. The Kier molecular flexibility index (Phi) is 5.63. The number of unbranched alkanes of at least 4 members (excludes halogenated alkanes) is 2. The van der Waals surface area contributed by atoms with E-state index in [1.807, 2.05) is 23.9 Å². The zero-order chi connectivity index (χ0) is 13.8. The molecule has 2 nitrogen and oxygen atoms in total. The highest BCUT2D eigenvalue weighted by Gasteiger charge is 2.07. The van der Waals surface area contributed by atoms with Crippen LogP contribution in [0.1, 0.15) is 19.3 Å². The number of H-pyrrole nitrogens is 1. The van der Waals surface area contributed by atoms with Gasteiger partial charge in [0.25, 0.3) is 0 Å². The van der Waals surface area contributed by atoms with Crippen LogP contribution in [0.3, 0.4) is 0 Å². The van der Waals surface area contributed by atoms with Gasteiger partial charge in [0.05, 0.1) is 21.1 Å². The predicted octanol–water partition coefficient (Wildman–Crippen LogP) is 5.54. The molecule has 1 N–H and O–H groups in total. The third kappa shape index (κ3) is 3.69. The monoisotopic (exact) mass is 334 g/mol. The normalized spacial score (nSPS) is 11.3. The number of aromatic amines is 1. The summed E-state index contributed by atoms with van der Waals surface area (Å²) in [6, 6.07) is 3.71. The van der Waals surface area contributed by atoms with E-state index in [1.54, 1.807) is 0 Å². The fraction of sp³-hybridized carbons (Fsp3) is 0.462. The summed E-state index contributed by atoms with van der Waals surface area (Å²) in [6.07, 6.45) is 5.74. The van der Waals surface area contributed by atoms with Crippen LogP contribution in [0.15, 0.2) is 12.1 Å². The van der Waals surface area contributed by atoms with Crippen molar-refractivity contribution in [2.75, 3.05) is 12.0 Å². The molecule has 0 aliphatic rings. The first-order valence-electron chi connectivity index (χ1n) is 6.20. The summed E-state index contributed by atoms with van der Waals surface area (Å²) in [4.78, 5) is 3.18. The minimum absolute atomic E-state index is 0.553. The standard InChI is InChI=1S/C13H16Cl2N2S2/c1-19-6-4-2-3-5-17-12-8-10(15)9(14)7-11(12)16-13(17)18/h7-8H,2-6H2,1H3,(H,16,18). The molecule has 0 radical (unpaired) electrons. The summed E-state index contributed by atoms with van der Waals surface area (Å²) in [6.45, 7) is 0.922. The number of hydrogen-bond acceptors (Lipinski definition) is 2. The van der Waals surface area contributed by atoms with Crippen LogP contribution in [0.2, 0.25) is 10.0 Å². The predicted molar refractivity (Wildman–Crippen MR) is 89.4 cm³/mol. The molecule has 0 atom stereocenters. The lowest BCUT2D eigenvalue weighted by molar-refractivity contribution is 0.611. The van der Waals surface area contributed by atoms with Crippen molar-refractivity contribution in [1.29, 1.82) is 0 Å². The largest absolute Gasteiger partial charge is 0.331 e. The summed E-state index contributed by atoms with van der Waals surface area (Å²) in [7, 11) is 0. The number of aromatic nitrogens is 2. The molecular weight excluding hydrogens is 319 g/mol. The second-order valence-corrected chi connectivity index (χ2v) is 6.61. The topological polar surface area (TPSA) is 20.7 Å². The van der Waals surface area contributed by atoms with E-state index in [9.17, 15) is 0 Å². The molecule has 2 aromatic rings. The van der Waals surface area contributed by atoms with Gasteiger partial charge in [-0.1, -0.05) is 29.6 Å². The number of benzene rings is 1. The maximum atomic E-state index is 6.08. The van der Waals surface area contributed by atoms with Gasteiger partial charge >= 0.3 is 0 Å². The lowest BCUT2D eigenvalue weighted by atomic mass is 10.2. The molecule has 0 fully saturated rings. The Balaban J connectivity index is 2.16. The van der Waals surface area contributed by atoms with E-state index < -0.39 is 0 Å². The number of aryl methyl sites for hydroxylation is 1. The molecule has 6 heteroatoms. The van der Waals surface area contributed by atoms with Gasteiger partial charge in [0.15, 0.2) is 4.77 Å². The van der Waals surface area contributed by atoms with Crippen molar-refractivity contribution >= 4 is 58.2 Å². The van der Waals surface area contributed by atoms with E-state index in [0.717, 1.165) is 28.8 Å². The molecule has 0 spiro atoms. The van der Waals surface area contributed by atoms with Crippen LogP contribution < -0.4 is 0 Å². The molecule has 0 bridgehead atoms. The summed E-state index contributed by atoms with van der Waals surface area (Å²) in [5, 5.41) is 1.12. The van der Waals surface area contributed by atoms with Gasteiger partial charge in [0.1, 0.15) is 0 Å². The van der Waals surface area contributed by atoms with Crippen LogP contribution in [0.25, 0.3) is 11.0 Å². The van der Waals surface area contributed by atoms with Crippen LogP contribution in [0.4, 0.5) is 0 Å². The Morgan fingerprint density at radius 2 is 1.95 bits per heavy atom. The number of nitrogens with zero attached hydrogens (tertiary/aromatic N) is 1. The lowest BCUT2D eigenvalue weighted by Crippen LogP contribution is -1.98. The van der Waals surface area contributed by atoms with Gasteiger partial charge in [0, 0.05) is 6.54 Å². The molecule has 1 heterocycles. The van der Waals surface area contributed by atoms with Crippen LogP contribution in [-0.4, -0.2) is 21.6 Å². The molecule has 0 aliphatic carbocycles. The number of fused-ring (bicyclic) bond motifs is 1. The highest BCUT2D eigenvalue weighted by molar-refractivity contribution is 7.98. The van der Waals surface area contributed by atoms with Crippen LogP contribution in [0.5, 0.6) is 0 Å². The zero-order valence-corrected chi connectivity index (χ0v) is 13.9. The maximum Gasteiger partial charge on any atom is 0.178 e. The van der Waals surface area contributed by atoms with E-state index >= 15 is 0 Å². The number of rotatable bonds is 6. The smallest absolute Gasteiger partial charge is 0.178 e. The molecule has 0 unspecified atom stereocenters. The van der Waals surface area contributed by atoms with E-state index in [4.69, 9.17) is 35.4 Å². The number of imidazole rings is 1. The molecule has 0 saturated carbocycles. The number of hydrogen-bond donors (Lipinski definition) is 1. The van der Waals surface area contributed by atoms with Crippen molar-refractivity contribution in [2.24, 2.45) is 0 Å². The minimum atomic E-state index is 0.553. The minimum Gasteiger partial charge on any atom is -0.331 e. The van der Waals surface area contributed by atoms with Crippen molar-refractivity contribution in [3.63, 3.8) is 0 Å². The zero-order valence-electron chi connectivity index (χ0n) is 10.7. The molecule has 104 valence electrons. The van der Waals surface area contributed by atoms with Crippen molar-refractivity contribution < 1.29 is 0 Å². The van der Waals surface area contributed by atoms with Gasteiger partial charge < -0.3 is 9.55 Å². The molecule has 19 heavy (non-hydrogen) atoms. The van der Waals surface area contributed by atoms with Crippen molar-refractivity contribution in [1.82, 2.24) is 9.55 Å². The molecule has 2 rings (SSSR count). The van der Waals surface area contributed by atoms with E-state index in [2.05, 4.69) is 15.8 Å². The summed E-state index contributed by atoms with van der Waals surface area (Å²) < 4.78 is 2.84. The summed E-state index contributed by atoms with van der Waals surface area (Å²) in [5.74, 6) is 1.22. The van der Waals surface area contributed by atoms with Crippen LogP contribution in [0, 0.1) is 4.77 Å². The van der Waals surface area contributed by atoms with E-state index in [0.29, 0.717) is 10.0 Å². The van der Waals surface area contributed by atoms with Gasteiger partial charge in [-0.3, -0.25) is 0 Å².